The van der Waals surface area contributed by atoms with E-state index >= 15 is 0 Å². The number of nitrogens with one attached hydrogen (secondary N) is 1. The number of amides is 2. The van der Waals surface area contributed by atoms with Crippen LogP contribution in [0.3, 0.4) is 0 Å². The minimum absolute atomic E-state index is 0.0116. The van der Waals surface area contributed by atoms with Gasteiger partial charge in [-0.25, -0.2) is 0 Å². The maximum atomic E-state index is 13.4. The van der Waals surface area contributed by atoms with Crippen LogP contribution in [0.1, 0.15) is 11.3 Å². The molecule has 10 heteroatoms. The number of benzene rings is 3. The molecule has 0 saturated carbocycles. The third-order valence-electron chi connectivity index (χ3n) is 5.86. The van der Waals surface area contributed by atoms with Crippen LogP contribution < -0.4 is 15.0 Å². The van der Waals surface area contributed by atoms with Crippen molar-refractivity contribution in [2.45, 2.75) is 6.54 Å². The highest BCUT2D eigenvalue weighted by Crippen LogP contribution is 2.27. The van der Waals surface area contributed by atoms with Crippen LogP contribution in [-0.2, 0) is 16.1 Å². The first-order valence-corrected chi connectivity index (χ1v) is 11.9. The van der Waals surface area contributed by atoms with Crippen molar-refractivity contribution in [2.24, 2.45) is 0 Å². The lowest BCUT2D eigenvalue weighted by Gasteiger charge is -2.29. The van der Waals surface area contributed by atoms with Gasteiger partial charge in [0, 0.05) is 23.5 Å². The van der Waals surface area contributed by atoms with E-state index in [-0.39, 0.29) is 22.9 Å². The minimum atomic E-state index is -0.626. The van der Waals surface area contributed by atoms with E-state index in [1.54, 1.807) is 65.4 Å². The molecule has 0 atom stereocenters. The summed E-state index contributed by atoms with van der Waals surface area (Å²) in [5, 5.41) is 13.9. The summed E-state index contributed by atoms with van der Waals surface area (Å²) < 4.78 is 7.53. The molecule has 1 aliphatic heterocycles. The number of rotatable bonds is 7. The van der Waals surface area contributed by atoms with Crippen molar-refractivity contribution in [3.8, 4) is 11.5 Å². The van der Waals surface area contributed by atoms with Gasteiger partial charge in [-0.15, -0.1) is 0 Å². The van der Waals surface area contributed by atoms with Crippen molar-refractivity contribution in [3.63, 3.8) is 0 Å². The van der Waals surface area contributed by atoms with E-state index in [0.717, 1.165) is 0 Å². The molecule has 1 aromatic heterocycles. The summed E-state index contributed by atoms with van der Waals surface area (Å²) in [5.74, 6) is 0.0294. The minimum Gasteiger partial charge on any atom is -0.457 e. The first-order chi connectivity index (χ1) is 18.4. The summed E-state index contributed by atoms with van der Waals surface area (Å²) in [7, 11) is 0. The van der Waals surface area contributed by atoms with Crippen molar-refractivity contribution in [3.05, 3.63) is 124 Å². The maximum absolute atomic E-state index is 13.4. The van der Waals surface area contributed by atoms with Gasteiger partial charge in [0.1, 0.15) is 17.1 Å². The predicted octanol–water partition coefficient (Wildman–Crippen LogP) is 5.07. The molecule has 9 nitrogen and oxygen atoms in total. The average Bonchev–Trinajstić information content (AvgIpc) is 3.34. The Morgan fingerprint density at radius 2 is 1.58 bits per heavy atom. The van der Waals surface area contributed by atoms with Gasteiger partial charge in [-0.3, -0.25) is 29.9 Å². The molecule has 1 fully saturated rings. The molecule has 3 aromatic carbocycles. The van der Waals surface area contributed by atoms with Gasteiger partial charge < -0.3 is 9.30 Å². The van der Waals surface area contributed by atoms with E-state index in [4.69, 9.17) is 17.0 Å². The maximum Gasteiger partial charge on any atom is 0.274 e. The molecule has 0 radical (unpaired) electrons. The number of para-hydroxylation sites is 2. The second kappa shape index (κ2) is 10.5. The average molecular weight is 525 g/mol. The van der Waals surface area contributed by atoms with Gasteiger partial charge in [0.25, 0.3) is 17.5 Å². The van der Waals surface area contributed by atoms with Crippen molar-refractivity contribution in [1.82, 2.24) is 9.88 Å². The normalized spacial score (nSPS) is 14.5. The Morgan fingerprint density at radius 1 is 0.895 bits per heavy atom. The molecule has 188 valence electrons. The standard InChI is InChI=1S/C28H20N4O5S/c33-26-24(17-21-8-6-16-30(21)18-19-7-4-5-11-25(19)32(35)36)27(34)31(28(38)29-26)20-12-14-23(15-13-20)37-22-9-2-1-3-10-22/h1-17H,18H2,(H,29,33,38)/b24-17+. The van der Waals surface area contributed by atoms with E-state index in [0.29, 0.717) is 28.4 Å². The number of aromatic nitrogens is 1. The molecule has 0 aliphatic carbocycles. The lowest BCUT2D eigenvalue weighted by atomic mass is 10.1. The topological polar surface area (TPSA) is 107 Å². The van der Waals surface area contributed by atoms with Gasteiger partial charge in [-0.05, 0) is 66.8 Å². The Labute approximate surface area is 222 Å². The number of anilines is 1. The summed E-state index contributed by atoms with van der Waals surface area (Å²) in [6.45, 7) is 0.185. The number of carbonyl (C=O) groups is 2. The van der Waals surface area contributed by atoms with Crippen LogP contribution in [0.25, 0.3) is 6.08 Å². The molecule has 5 rings (SSSR count). The molecule has 1 saturated heterocycles. The highest BCUT2D eigenvalue weighted by Gasteiger charge is 2.34. The predicted molar refractivity (Wildman–Crippen MR) is 146 cm³/mol. The zero-order valence-electron chi connectivity index (χ0n) is 19.8. The summed E-state index contributed by atoms with van der Waals surface area (Å²) in [4.78, 5) is 38.4. The van der Waals surface area contributed by atoms with Crippen LogP contribution in [0, 0.1) is 10.1 Å². The van der Waals surface area contributed by atoms with Crippen molar-refractivity contribution in [2.75, 3.05) is 4.90 Å². The van der Waals surface area contributed by atoms with Gasteiger partial charge in [0.05, 0.1) is 17.2 Å². The lowest BCUT2D eigenvalue weighted by Crippen LogP contribution is -2.54. The molecular formula is C28H20N4O5S. The molecular weight excluding hydrogens is 504 g/mol. The fraction of sp³-hybridized carbons (Fsp3) is 0.0357. The quantitative estimate of drug-likeness (QED) is 0.119. The first-order valence-electron chi connectivity index (χ1n) is 11.5. The van der Waals surface area contributed by atoms with Gasteiger partial charge in [-0.1, -0.05) is 36.4 Å². The summed E-state index contributed by atoms with van der Waals surface area (Å²) in [5.41, 5.74) is 1.35. The number of ether oxygens (including phenoxy) is 1. The van der Waals surface area contributed by atoms with Crippen molar-refractivity contribution in [1.29, 1.82) is 0 Å². The second-order valence-electron chi connectivity index (χ2n) is 8.31. The fourth-order valence-corrected chi connectivity index (χ4v) is 4.32. The van der Waals surface area contributed by atoms with E-state index in [9.17, 15) is 19.7 Å². The number of nitrogens with zero attached hydrogens (tertiary/aromatic N) is 3. The summed E-state index contributed by atoms with van der Waals surface area (Å²) >= 11 is 5.30. The van der Waals surface area contributed by atoms with Crippen molar-refractivity contribution < 1.29 is 19.2 Å². The number of thiocarbonyl (C=S) groups is 1. The highest BCUT2D eigenvalue weighted by molar-refractivity contribution is 7.80. The molecule has 2 heterocycles. The SMILES string of the molecule is O=C1NC(=S)N(c2ccc(Oc3ccccc3)cc2)C(=O)/C1=C/c1cccn1Cc1ccccc1[N+](=O)[O-]. The Kier molecular flexibility index (Phi) is 6.79. The number of nitro groups is 1. The third kappa shape index (κ3) is 5.06. The monoisotopic (exact) mass is 524 g/mol. The highest BCUT2D eigenvalue weighted by atomic mass is 32.1. The lowest BCUT2D eigenvalue weighted by molar-refractivity contribution is -0.385. The van der Waals surface area contributed by atoms with Gasteiger partial charge >= 0.3 is 0 Å². The number of carbonyl (C=O) groups excluding carboxylic acids is 2. The van der Waals surface area contributed by atoms with Crippen LogP contribution in [0.5, 0.6) is 11.5 Å². The second-order valence-corrected chi connectivity index (χ2v) is 8.70. The number of hydrogen-bond acceptors (Lipinski definition) is 6. The Morgan fingerprint density at radius 3 is 2.32 bits per heavy atom. The molecule has 0 unspecified atom stereocenters. The summed E-state index contributed by atoms with van der Waals surface area (Å²) in [6, 6.07) is 25.9. The molecule has 0 spiro atoms. The molecule has 0 bridgehead atoms. The van der Waals surface area contributed by atoms with Crippen LogP contribution in [0.4, 0.5) is 11.4 Å². The van der Waals surface area contributed by atoms with Crippen LogP contribution in [0.2, 0.25) is 0 Å². The Hall–Kier alpha value is -5.09. The fourth-order valence-electron chi connectivity index (χ4n) is 4.04. The van der Waals surface area contributed by atoms with Gasteiger partial charge in [-0.2, -0.15) is 0 Å². The van der Waals surface area contributed by atoms with Crippen molar-refractivity contribution >= 4 is 46.6 Å². The number of nitro benzene ring substituents is 1. The molecule has 4 aromatic rings. The molecule has 38 heavy (non-hydrogen) atoms. The van der Waals surface area contributed by atoms with Gasteiger partial charge in [0.15, 0.2) is 5.11 Å². The van der Waals surface area contributed by atoms with Crippen LogP contribution in [-0.4, -0.2) is 26.4 Å². The van der Waals surface area contributed by atoms with Crippen LogP contribution >= 0.6 is 12.2 Å². The van der Waals surface area contributed by atoms with E-state index < -0.39 is 16.7 Å². The number of hydrogen-bond donors (Lipinski definition) is 1. The first kappa shape index (κ1) is 24.6. The smallest absolute Gasteiger partial charge is 0.274 e. The zero-order chi connectivity index (χ0) is 26.6. The van der Waals surface area contributed by atoms with E-state index in [1.807, 2.05) is 30.3 Å². The molecule has 2 amide bonds. The van der Waals surface area contributed by atoms with E-state index in [1.165, 1.54) is 17.0 Å². The third-order valence-corrected chi connectivity index (χ3v) is 6.15. The largest absolute Gasteiger partial charge is 0.457 e. The van der Waals surface area contributed by atoms with Crippen LogP contribution in [0.15, 0.2) is 103 Å². The molecule has 1 N–H and O–H groups in total. The molecule has 1 aliphatic rings. The Bertz CT molecular complexity index is 1580. The van der Waals surface area contributed by atoms with Gasteiger partial charge in [0.2, 0.25) is 0 Å². The van der Waals surface area contributed by atoms with E-state index in [2.05, 4.69) is 5.32 Å². The zero-order valence-corrected chi connectivity index (χ0v) is 20.6. The summed E-state index contributed by atoms with van der Waals surface area (Å²) in [6.07, 6.45) is 3.18. The Balaban J connectivity index is 1.40.